The van der Waals surface area contributed by atoms with Gasteiger partial charge in [0.2, 0.25) is 35.4 Å². The second-order valence-electron chi connectivity index (χ2n) is 17.6. The van der Waals surface area contributed by atoms with Crippen LogP contribution >= 0.6 is 7.82 Å². The molecule has 0 aromatic rings. The molecule has 0 aromatic carbocycles. The number of phosphoric ester groups is 1. The number of phosphoric acid groups is 1. The average molecular weight is 1060 g/mol. The van der Waals surface area contributed by atoms with Gasteiger partial charge in [-0.3, -0.25) is 38.1 Å². The minimum Gasteiger partial charge on any atom is -0.756 e. The van der Waals surface area contributed by atoms with Crippen molar-refractivity contribution in [1.82, 2.24) is 36.4 Å². The monoisotopic (exact) mass is 1060 g/mol. The third kappa shape index (κ3) is 15.7. The van der Waals surface area contributed by atoms with Crippen molar-refractivity contribution in [2.24, 2.45) is 0 Å². The maximum Gasteiger partial charge on any atom is 0.328 e. The summed E-state index contributed by atoms with van der Waals surface area (Å²) in [5.74, 6) is -8.40. The number of hydrogen-bond acceptors (Lipinski definition) is 22. The Kier molecular flexibility index (Phi) is 22.1. The fourth-order valence-corrected chi connectivity index (χ4v) is 8.81. The highest BCUT2D eigenvalue weighted by atomic mass is 31.2. The molecule has 0 bridgehead atoms. The first-order valence-electron chi connectivity index (χ1n) is 22.7. The first-order chi connectivity index (χ1) is 33.7. The predicted octanol–water partition coefficient (Wildman–Crippen LogP) is -11.1. The topological polar surface area (TPSA) is 499 Å². The Morgan fingerprint density at radius 3 is 1.58 bits per heavy atom. The second kappa shape index (κ2) is 26.6. The number of amides is 7. The molecule has 4 rings (SSSR count). The molecule has 4 heterocycles. The number of ether oxygens (including phenoxy) is 4. The highest BCUT2D eigenvalue weighted by Gasteiger charge is 2.49. The third-order valence-corrected chi connectivity index (χ3v) is 12.6. The molecule has 17 N–H and O–H groups in total. The second-order valence-corrected chi connectivity index (χ2v) is 18.8. The Morgan fingerprint density at radius 2 is 1.17 bits per heavy atom. The van der Waals surface area contributed by atoms with Gasteiger partial charge in [0.1, 0.15) is 79.5 Å². The summed E-state index contributed by atoms with van der Waals surface area (Å²) < 4.78 is 37.7. The molecule has 4 saturated heterocycles. The fourth-order valence-electron chi connectivity index (χ4n) is 8.44. The van der Waals surface area contributed by atoms with E-state index in [1.54, 1.807) is 0 Å². The summed E-state index contributed by atoms with van der Waals surface area (Å²) in [6, 6.07) is -12.9. The van der Waals surface area contributed by atoms with Gasteiger partial charge in [-0.1, -0.05) is 0 Å². The summed E-state index contributed by atoms with van der Waals surface area (Å²) in [5, 5.41) is 94.1. The number of quaternary nitrogens is 1. The van der Waals surface area contributed by atoms with Crippen LogP contribution in [0, 0.1) is 0 Å². The van der Waals surface area contributed by atoms with E-state index < -0.39 is 192 Å². The molecule has 1 unspecified atom stereocenters. The zero-order valence-electron chi connectivity index (χ0n) is 39.3. The molecule has 32 nitrogen and oxygen atoms in total. The number of nitrogens with one attached hydrogen (secondary N) is 5. The Balaban J connectivity index is 1.58. The summed E-state index contributed by atoms with van der Waals surface area (Å²) in [6.45, 7) is -1.44. The minimum atomic E-state index is -5.24. The Labute approximate surface area is 410 Å². The third-order valence-electron chi connectivity index (χ3n) is 12.1. The van der Waals surface area contributed by atoms with Crippen LogP contribution in [-0.4, -0.2) is 253 Å². The van der Waals surface area contributed by atoms with Gasteiger partial charge < -0.3 is 116 Å². The maximum absolute atomic E-state index is 14.6. The van der Waals surface area contributed by atoms with Crippen LogP contribution in [0.1, 0.15) is 46.5 Å². The van der Waals surface area contributed by atoms with Gasteiger partial charge in [0.05, 0.1) is 32.5 Å². The molecule has 33 heteroatoms. The molecular formula is C39H65N8O24P. The van der Waals surface area contributed by atoms with Crippen molar-refractivity contribution in [1.29, 1.82) is 0 Å². The largest absolute Gasteiger partial charge is 0.756 e. The standard InChI is InChI=1S/C39H65N8O24P/c1-15(50)25(45-33(58)22-7-4-8-46(22)35(60)18(40)12-69-72(64,65)66)34(59)43-19(13-67-38-26(41-16(2)51)30(55)28(53)23(10-48)70-38)36(61)47-9-5-6-21(47)32(57)44-20(37(62)63)14-68-39-27(42-17(3)52)31(56)29(54)24(11-49)71-39/h15,18-31,38-39,48-50,53-56H,4-14,40H2,1-3H3,(H,41,51)(H,42,52)(H,43,59)(H,44,57)(H,45,58)(H,62,63)(H2,64,65,66)/t15-,18+,19+,20+,21+,22+,23-,24-,25+,26-,27-,28-,29-,30-,31-,38-,39-/m1/s1. The molecule has 0 radical (unpaired) electrons. The zero-order valence-corrected chi connectivity index (χ0v) is 40.2. The average Bonchev–Trinajstić information content (AvgIpc) is 4.02. The number of hydrogen-bond donors (Lipinski definition) is 15. The molecular weight excluding hydrogens is 995 g/mol. The van der Waals surface area contributed by atoms with Gasteiger partial charge >= 0.3 is 5.97 Å². The normalized spacial score (nSPS) is 31.5. The molecule has 7 amide bonds. The lowest BCUT2D eigenvalue weighted by molar-refractivity contribution is -0.411. The summed E-state index contributed by atoms with van der Waals surface area (Å²) >= 11 is 0. The number of rotatable bonds is 23. The van der Waals surface area contributed by atoms with E-state index in [0.717, 1.165) is 30.6 Å². The van der Waals surface area contributed by atoms with E-state index in [2.05, 4.69) is 36.8 Å². The number of nitrogens with zero attached hydrogens (tertiary/aromatic N) is 2. The van der Waals surface area contributed by atoms with Gasteiger partial charge in [-0.15, -0.1) is 0 Å². The Morgan fingerprint density at radius 1 is 0.722 bits per heavy atom. The summed E-state index contributed by atoms with van der Waals surface area (Å²) in [7, 11) is -5.24. The van der Waals surface area contributed by atoms with E-state index in [9.17, 15) is 88.7 Å². The quantitative estimate of drug-likeness (QED) is 0.0423. The highest BCUT2D eigenvalue weighted by molar-refractivity contribution is 7.44. The van der Waals surface area contributed by atoms with E-state index in [1.807, 2.05) is 0 Å². The number of carboxylic acids is 1. The van der Waals surface area contributed by atoms with Crippen LogP contribution in [0.2, 0.25) is 0 Å². The maximum atomic E-state index is 14.6. The minimum absolute atomic E-state index is 0.0250. The van der Waals surface area contributed by atoms with E-state index in [0.29, 0.717) is 0 Å². The smallest absolute Gasteiger partial charge is 0.328 e. The number of aliphatic hydroxyl groups is 7. The van der Waals surface area contributed by atoms with Crippen molar-refractivity contribution in [3.05, 3.63) is 0 Å². The van der Waals surface area contributed by atoms with Gasteiger partial charge in [0.25, 0.3) is 13.7 Å². The van der Waals surface area contributed by atoms with Crippen LogP contribution in [0.15, 0.2) is 0 Å². The summed E-state index contributed by atoms with van der Waals surface area (Å²) in [5.41, 5.74) is 3.51. The van der Waals surface area contributed by atoms with Gasteiger partial charge in [0, 0.05) is 26.9 Å². The molecule has 410 valence electrons. The van der Waals surface area contributed by atoms with Crippen LogP contribution in [-0.2, 0) is 66.4 Å². The van der Waals surface area contributed by atoms with Crippen molar-refractivity contribution in [3.63, 3.8) is 0 Å². The van der Waals surface area contributed by atoms with E-state index >= 15 is 0 Å². The van der Waals surface area contributed by atoms with Crippen LogP contribution in [0.4, 0.5) is 0 Å². The van der Waals surface area contributed by atoms with Gasteiger partial charge in [0.15, 0.2) is 24.7 Å². The highest BCUT2D eigenvalue weighted by Crippen LogP contribution is 2.30. The van der Waals surface area contributed by atoms with E-state index in [1.165, 1.54) is 0 Å². The van der Waals surface area contributed by atoms with Crippen molar-refractivity contribution in [2.75, 3.05) is 46.1 Å². The lowest BCUT2D eigenvalue weighted by Crippen LogP contribution is -2.71. The number of carboxylic acid groups (broad SMARTS) is 1. The van der Waals surface area contributed by atoms with Crippen molar-refractivity contribution in [2.45, 2.75) is 150 Å². The number of likely N-dealkylation sites (tertiary alicyclic amines) is 2. The van der Waals surface area contributed by atoms with E-state index in [-0.39, 0.29) is 38.8 Å². The SMILES string of the molecule is CC(=O)N[C@H]1[C@H](OC[C@H](NC(=O)[C@@H]2CCCN2C(=O)[C@H](CO[C@@H]2O[C@H](CO)[C@@H](O)[C@H](O)[C@H]2NC(C)=O)NC(=O)[C@@H](NC(=O)[C@@H]2CCCN2C(=O)[C@@H]([NH3+])COP(=O)([O-])O)[C@@H](C)O)C(=O)O)O[C@H](CO)[C@@H](O)[C@@H]1O. The number of aliphatic carboxylic acids is 1. The summed E-state index contributed by atoms with van der Waals surface area (Å²) in [6.07, 6.45) is -14.8. The number of carbonyl (C=O) groups is 8. The molecule has 4 aliphatic rings. The Bertz CT molecular complexity index is 1990. The first-order valence-corrected chi connectivity index (χ1v) is 24.2. The molecule has 18 atom stereocenters. The van der Waals surface area contributed by atoms with E-state index in [4.69, 9.17) is 23.8 Å². The molecule has 4 aliphatic heterocycles. The van der Waals surface area contributed by atoms with Crippen LogP contribution in [0.3, 0.4) is 0 Å². The van der Waals surface area contributed by atoms with Gasteiger partial charge in [-0.2, -0.15) is 0 Å². The zero-order chi connectivity index (χ0) is 53.9. The van der Waals surface area contributed by atoms with Gasteiger partial charge in [-0.05, 0) is 32.6 Å². The first kappa shape index (κ1) is 59.9. The lowest BCUT2D eigenvalue weighted by atomic mass is 9.97. The van der Waals surface area contributed by atoms with Crippen LogP contribution in [0.5, 0.6) is 0 Å². The molecule has 72 heavy (non-hydrogen) atoms. The molecule has 0 saturated carbocycles. The van der Waals surface area contributed by atoms with Crippen LogP contribution in [0.25, 0.3) is 0 Å². The lowest BCUT2D eigenvalue weighted by Gasteiger charge is -2.42. The van der Waals surface area contributed by atoms with Crippen molar-refractivity contribution >= 4 is 55.1 Å². The number of aliphatic hydroxyl groups excluding tert-OH is 7. The number of carbonyl (C=O) groups excluding carboxylic acids is 7. The molecule has 4 fully saturated rings. The molecule has 0 aromatic heterocycles. The predicted molar refractivity (Wildman–Crippen MR) is 230 cm³/mol. The van der Waals surface area contributed by atoms with Crippen LogP contribution < -0.4 is 37.2 Å². The fraction of sp³-hybridized carbons (Fsp3) is 0.795. The van der Waals surface area contributed by atoms with Crippen molar-refractivity contribution < 1.29 is 123 Å². The molecule has 0 spiro atoms. The van der Waals surface area contributed by atoms with Crippen molar-refractivity contribution in [3.8, 4) is 0 Å². The molecule has 0 aliphatic carbocycles. The van der Waals surface area contributed by atoms with Gasteiger partial charge in [-0.25, -0.2) is 4.79 Å². The Hall–Kier alpha value is -4.61. The summed E-state index contributed by atoms with van der Waals surface area (Å²) in [4.78, 5) is 128.